The lowest BCUT2D eigenvalue weighted by Crippen LogP contribution is -1.99. The predicted octanol–water partition coefficient (Wildman–Crippen LogP) is 5.27. The maximum atomic E-state index is 10.3. The van der Waals surface area contributed by atoms with E-state index in [9.17, 15) is 9.59 Å². The maximum Gasteiger partial charge on any atom is 0.302 e. The quantitative estimate of drug-likeness (QED) is 0.547. The Kier molecular flexibility index (Phi) is 15.7. The van der Waals surface area contributed by atoms with Gasteiger partial charge in [-0.3, -0.25) is 4.79 Å². The first-order chi connectivity index (χ1) is 10.7. The fourth-order valence-electron chi connectivity index (χ4n) is 1.60. The summed E-state index contributed by atoms with van der Waals surface area (Å²) < 4.78 is 4.64. The van der Waals surface area contributed by atoms with Crippen molar-refractivity contribution in [3.63, 3.8) is 0 Å². The minimum atomic E-state index is -0.182. The van der Waals surface area contributed by atoms with Crippen LogP contribution >= 0.6 is 0 Å². The number of esters is 1. The number of Topliss-reactive ketones (excluding diaryl/α,β-unsaturated/α-hetero) is 1. The molecule has 0 radical (unpaired) electrons. The summed E-state index contributed by atoms with van der Waals surface area (Å²) in [6, 6.07) is 8.36. The number of carbonyl (C=O) groups is 2. The SMILES string of the molecule is CC(=O)CC(C)C.CCCCOC(C)=O.Cc1ccccc1C. The first kappa shape index (κ1) is 23.6. The summed E-state index contributed by atoms with van der Waals surface area (Å²) in [6.07, 6.45) is 2.77. The van der Waals surface area contributed by atoms with Gasteiger partial charge in [0.05, 0.1) is 6.61 Å². The molecule has 0 heterocycles. The van der Waals surface area contributed by atoms with Gasteiger partial charge in [0.15, 0.2) is 0 Å². The molecule has 0 aliphatic heterocycles. The topological polar surface area (TPSA) is 43.4 Å². The van der Waals surface area contributed by atoms with Gasteiger partial charge < -0.3 is 9.53 Å². The highest BCUT2D eigenvalue weighted by Crippen LogP contribution is 2.02. The highest BCUT2D eigenvalue weighted by molar-refractivity contribution is 5.75. The van der Waals surface area contributed by atoms with Crippen LogP contribution in [-0.4, -0.2) is 18.4 Å². The molecule has 0 saturated heterocycles. The minimum absolute atomic E-state index is 0.182. The molecule has 0 aromatic heterocycles. The van der Waals surface area contributed by atoms with Crippen molar-refractivity contribution in [2.45, 2.75) is 67.7 Å². The molecule has 1 rings (SSSR count). The van der Waals surface area contributed by atoms with Crippen LogP contribution in [0.15, 0.2) is 24.3 Å². The van der Waals surface area contributed by atoms with E-state index in [0.29, 0.717) is 12.5 Å². The molecule has 0 N–H and O–H groups in total. The van der Waals surface area contributed by atoms with E-state index in [0.717, 1.165) is 19.3 Å². The highest BCUT2D eigenvalue weighted by Gasteiger charge is 1.95. The number of hydrogen-bond acceptors (Lipinski definition) is 3. The van der Waals surface area contributed by atoms with Crippen LogP contribution < -0.4 is 0 Å². The Labute approximate surface area is 142 Å². The average molecular weight is 322 g/mol. The van der Waals surface area contributed by atoms with E-state index < -0.39 is 0 Å². The number of rotatable bonds is 5. The molecular weight excluding hydrogens is 288 g/mol. The van der Waals surface area contributed by atoms with Crippen LogP contribution in [-0.2, 0) is 14.3 Å². The summed E-state index contributed by atoms with van der Waals surface area (Å²) in [5.74, 6) is 0.631. The molecule has 3 heteroatoms. The molecule has 1 aromatic carbocycles. The molecular formula is C20H34O3. The predicted molar refractivity (Wildman–Crippen MR) is 97.6 cm³/mol. The Bertz CT molecular complexity index is 415. The molecule has 0 aliphatic carbocycles. The van der Waals surface area contributed by atoms with Gasteiger partial charge in [-0.15, -0.1) is 0 Å². The van der Waals surface area contributed by atoms with E-state index >= 15 is 0 Å². The number of benzene rings is 1. The van der Waals surface area contributed by atoms with Crippen molar-refractivity contribution < 1.29 is 14.3 Å². The summed E-state index contributed by atoms with van der Waals surface area (Å²) in [5.41, 5.74) is 2.74. The minimum Gasteiger partial charge on any atom is -0.466 e. The van der Waals surface area contributed by atoms with Gasteiger partial charge >= 0.3 is 5.97 Å². The molecule has 0 aliphatic rings. The third kappa shape index (κ3) is 20.4. The zero-order valence-corrected chi connectivity index (χ0v) is 15.9. The first-order valence-electron chi connectivity index (χ1n) is 8.35. The van der Waals surface area contributed by atoms with Crippen molar-refractivity contribution in [3.05, 3.63) is 35.4 Å². The van der Waals surface area contributed by atoms with Gasteiger partial charge in [0, 0.05) is 13.3 Å². The Morgan fingerprint density at radius 1 is 1.04 bits per heavy atom. The fourth-order valence-corrected chi connectivity index (χ4v) is 1.60. The van der Waals surface area contributed by atoms with Crippen LogP contribution in [0.25, 0.3) is 0 Å². The third-order valence-corrected chi connectivity index (χ3v) is 2.92. The smallest absolute Gasteiger partial charge is 0.302 e. The number of ketones is 1. The molecule has 0 amide bonds. The van der Waals surface area contributed by atoms with Gasteiger partial charge in [-0.05, 0) is 44.2 Å². The van der Waals surface area contributed by atoms with E-state index in [1.165, 1.54) is 18.1 Å². The van der Waals surface area contributed by atoms with E-state index in [2.05, 4.69) is 49.8 Å². The number of ether oxygens (including phenoxy) is 1. The second-order valence-corrected chi connectivity index (χ2v) is 6.08. The van der Waals surface area contributed by atoms with E-state index in [4.69, 9.17) is 0 Å². The van der Waals surface area contributed by atoms with Gasteiger partial charge in [0.25, 0.3) is 0 Å². The zero-order chi connectivity index (χ0) is 18.3. The first-order valence-corrected chi connectivity index (χ1v) is 8.35. The van der Waals surface area contributed by atoms with E-state index in [1.54, 1.807) is 6.92 Å². The Balaban J connectivity index is 0. The van der Waals surface area contributed by atoms with Crippen LogP contribution in [0.2, 0.25) is 0 Å². The number of unbranched alkanes of at least 4 members (excludes halogenated alkanes) is 1. The van der Waals surface area contributed by atoms with Crippen LogP contribution in [0, 0.1) is 19.8 Å². The lowest BCUT2D eigenvalue weighted by Gasteiger charge is -1.96. The normalized spacial score (nSPS) is 9.22. The van der Waals surface area contributed by atoms with Crippen molar-refractivity contribution >= 4 is 11.8 Å². The van der Waals surface area contributed by atoms with Gasteiger partial charge in [-0.1, -0.05) is 51.5 Å². The third-order valence-electron chi connectivity index (χ3n) is 2.92. The van der Waals surface area contributed by atoms with Gasteiger partial charge in [0.1, 0.15) is 5.78 Å². The second kappa shape index (κ2) is 15.3. The largest absolute Gasteiger partial charge is 0.466 e. The number of carbonyl (C=O) groups excluding carboxylic acids is 2. The molecule has 0 saturated carbocycles. The number of hydrogen-bond donors (Lipinski definition) is 0. The Morgan fingerprint density at radius 2 is 1.52 bits per heavy atom. The second-order valence-electron chi connectivity index (χ2n) is 6.08. The Hall–Kier alpha value is -1.64. The van der Waals surface area contributed by atoms with Crippen LogP contribution in [0.4, 0.5) is 0 Å². The fraction of sp³-hybridized carbons (Fsp3) is 0.600. The lowest BCUT2D eigenvalue weighted by molar-refractivity contribution is -0.141. The standard InChI is InChI=1S/C8H10.C6H12O2.C6H12O/c1-7-5-3-4-6-8(7)2;1-3-4-5-8-6(2)7;1-5(2)4-6(3)7/h3-6H,1-2H3;3-5H2,1-2H3;5H,4H2,1-3H3. The zero-order valence-electron chi connectivity index (χ0n) is 15.9. The van der Waals surface area contributed by atoms with Gasteiger partial charge in [-0.25, -0.2) is 0 Å². The molecule has 23 heavy (non-hydrogen) atoms. The van der Waals surface area contributed by atoms with Crippen molar-refractivity contribution in [1.29, 1.82) is 0 Å². The van der Waals surface area contributed by atoms with Crippen LogP contribution in [0.5, 0.6) is 0 Å². The van der Waals surface area contributed by atoms with Crippen molar-refractivity contribution in [1.82, 2.24) is 0 Å². The summed E-state index contributed by atoms with van der Waals surface area (Å²) in [7, 11) is 0. The molecule has 0 spiro atoms. The van der Waals surface area contributed by atoms with Crippen LogP contribution in [0.1, 0.15) is 65.0 Å². The summed E-state index contributed by atoms with van der Waals surface area (Å²) in [5, 5.41) is 0. The van der Waals surface area contributed by atoms with Crippen LogP contribution in [0.3, 0.4) is 0 Å². The average Bonchev–Trinajstić information content (AvgIpc) is 2.42. The number of aryl methyl sites for hydroxylation is 2. The van der Waals surface area contributed by atoms with Crippen molar-refractivity contribution in [3.8, 4) is 0 Å². The van der Waals surface area contributed by atoms with Gasteiger partial charge in [0.2, 0.25) is 0 Å². The monoisotopic (exact) mass is 322 g/mol. The van der Waals surface area contributed by atoms with Crippen molar-refractivity contribution in [2.75, 3.05) is 6.61 Å². The van der Waals surface area contributed by atoms with Gasteiger partial charge in [-0.2, -0.15) is 0 Å². The van der Waals surface area contributed by atoms with E-state index in [-0.39, 0.29) is 11.8 Å². The molecule has 3 nitrogen and oxygen atoms in total. The maximum absolute atomic E-state index is 10.3. The van der Waals surface area contributed by atoms with Crippen molar-refractivity contribution in [2.24, 2.45) is 5.92 Å². The summed E-state index contributed by atoms with van der Waals surface area (Å²) >= 11 is 0. The lowest BCUT2D eigenvalue weighted by atomic mass is 10.1. The summed E-state index contributed by atoms with van der Waals surface area (Å²) in [6.45, 7) is 14.0. The molecule has 0 bridgehead atoms. The highest BCUT2D eigenvalue weighted by atomic mass is 16.5. The molecule has 0 fully saturated rings. The Morgan fingerprint density at radius 3 is 1.74 bits per heavy atom. The summed E-state index contributed by atoms with van der Waals surface area (Å²) in [4.78, 5) is 20.4. The molecule has 0 unspecified atom stereocenters. The molecule has 132 valence electrons. The molecule has 0 atom stereocenters. The molecule has 1 aromatic rings. The van der Waals surface area contributed by atoms with E-state index in [1.807, 2.05) is 13.8 Å².